The molecule has 9 heteroatoms. The van der Waals surface area contributed by atoms with Gasteiger partial charge in [0.05, 0.1) is 25.6 Å². The second-order valence-corrected chi connectivity index (χ2v) is 8.20. The van der Waals surface area contributed by atoms with Crippen LogP contribution in [0.2, 0.25) is 0 Å². The predicted octanol–water partition coefficient (Wildman–Crippen LogP) is 2.58. The van der Waals surface area contributed by atoms with E-state index in [-0.39, 0.29) is 18.9 Å². The van der Waals surface area contributed by atoms with Crippen LogP contribution in [0, 0.1) is 5.82 Å². The Morgan fingerprint density at radius 2 is 1.83 bits per heavy atom. The van der Waals surface area contributed by atoms with Crippen LogP contribution in [0.15, 0.2) is 48.5 Å². The molecule has 0 bridgehead atoms. The number of nitrogens with zero attached hydrogens (tertiary/aromatic N) is 1. The minimum atomic E-state index is -3.54. The summed E-state index contributed by atoms with van der Waals surface area (Å²) in [7, 11) is -1.97. The number of carbonyl (C=O) groups excluding carboxylic acids is 1. The number of rotatable bonds is 11. The number of methoxy groups -OCH3 is 1. The highest BCUT2D eigenvalue weighted by Gasteiger charge is 2.17. The molecular weight excluding hydrogens is 399 g/mol. The van der Waals surface area contributed by atoms with Crippen LogP contribution in [-0.2, 0) is 14.8 Å². The smallest absolute Gasteiger partial charge is 0.232 e. The minimum Gasteiger partial charge on any atom is -0.497 e. The summed E-state index contributed by atoms with van der Waals surface area (Å²) < 4.78 is 48.8. The first-order valence-electron chi connectivity index (χ1n) is 9.06. The van der Waals surface area contributed by atoms with Crippen molar-refractivity contribution >= 4 is 21.6 Å². The number of ether oxygens (including phenoxy) is 2. The Morgan fingerprint density at radius 1 is 1.14 bits per heavy atom. The third kappa shape index (κ3) is 7.61. The number of amides is 1. The quantitative estimate of drug-likeness (QED) is 0.561. The average molecular weight is 424 g/mol. The Morgan fingerprint density at radius 3 is 2.48 bits per heavy atom. The molecule has 0 heterocycles. The number of hydrogen-bond acceptors (Lipinski definition) is 5. The van der Waals surface area contributed by atoms with Crippen LogP contribution in [-0.4, -0.2) is 47.4 Å². The molecule has 0 spiro atoms. The fraction of sp³-hybridized carbons (Fsp3) is 0.350. The Bertz CT molecular complexity index is 903. The summed E-state index contributed by atoms with van der Waals surface area (Å²) in [6.07, 6.45) is 1.56. The molecule has 0 fully saturated rings. The number of carbonyl (C=O) groups is 1. The second-order valence-electron chi connectivity index (χ2n) is 6.29. The fourth-order valence-corrected chi connectivity index (χ4v) is 3.58. The van der Waals surface area contributed by atoms with Gasteiger partial charge in [0.15, 0.2) is 0 Å². The molecule has 2 aromatic carbocycles. The van der Waals surface area contributed by atoms with Gasteiger partial charge < -0.3 is 14.8 Å². The lowest BCUT2D eigenvalue weighted by atomic mass is 10.2. The van der Waals surface area contributed by atoms with Gasteiger partial charge in [0.1, 0.15) is 23.9 Å². The summed E-state index contributed by atoms with van der Waals surface area (Å²) in [5.41, 5.74) is 0.362. The monoisotopic (exact) mass is 424 g/mol. The van der Waals surface area contributed by atoms with Gasteiger partial charge in [-0.25, -0.2) is 12.8 Å². The molecule has 0 saturated carbocycles. The van der Waals surface area contributed by atoms with E-state index in [1.807, 2.05) is 0 Å². The Hall–Kier alpha value is -2.81. The number of nitrogens with one attached hydrogen (secondary N) is 1. The summed E-state index contributed by atoms with van der Waals surface area (Å²) in [4.78, 5) is 12.0. The van der Waals surface area contributed by atoms with Crippen molar-refractivity contribution in [2.75, 3.05) is 37.4 Å². The van der Waals surface area contributed by atoms with Gasteiger partial charge in [0, 0.05) is 19.0 Å². The molecule has 2 aromatic rings. The van der Waals surface area contributed by atoms with E-state index in [0.29, 0.717) is 36.8 Å². The largest absolute Gasteiger partial charge is 0.497 e. The molecule has 1 N–H and O–H groups in total. The third-order valence-corrected chi connectivity index (χ3v) is 5.21. The molecule has 0 aliphatic rings. The SMILES string of the molecule is COc1cccc(OCCNC(=O)CCCN(c2ccc(F)cc2)S(C)(=O)=O)c1. The van der Waals surface area contributed by atoms with Gasteiger partial charge in [0.25, 0.3) is 0 Å². The molecule has 0 aliphatic heterocycles. The lowest BCUT2D eigenvalue weighted by Gasteiger charge is -2.22. The molecule has 0 radical (unpaired) electrons. The molecular formula is C20H25FN2O5S. The number of sulfonamides is 1. The third-order valence-electron chi connectivity index (χ3n) is 4.01. The lowest BCUT2D eigenvalue weighted by molar-refractivity contribution is -0.121. The summed E-state index contributed by atoms with van der Waals surface area (Å²) >= 11 is 0. The first-order chi connectivity index (χ1) is 13.8. The van der Waals surface area contributed by atoms with Gasteiger partial charge in [-0.3, -0.25) is 9.10 Å². The van der Waals surface area contributed by atoms with Crippen molar-refractivity contribution < 1.29 is 27.1 Å². The molecule has 7 nitrogen and oxygen atoms in total. The zero-order valence-electron chi connectivity index (χ0n) is 16.4. The van der Waals surface area contributed by atoms with Crippen molar-refractivity contribution in [2.45, 2.75) is 12.8 Å². The van der Waals surface area contributed by atoms with Gasteiger partial charge in [-0.05, 0) is 42.8 Å². The molecule has 0 aliphatic carbocycles. The van der Waals surface area contributed by atoms with Crippen LogP contribution >= 0.6 is 0 Å². The number of hydrogen-bond donors (Lipinski definition) is 1. The van der Waals surface area contributed by atoms with Crippen LogP contribution in [0.25, 0.3) is 0 Å². The van der Waals surface area contributed by atoms with Crippen LogP contribution in [0.1, 0.15) is 12.8 Å². The standard InChI is InChI=1S/C20H25FN2O5S/c1-27-18-5-3-6-19(15-18)28-14-12-22-20(24)7-4-13-23(29(2,25)26)17-10-8-16(21)9-11-17/h3,5-6,8-11,15H,4,7,12-14H2,1-2H3,(H,22,24). The fourth-order valence-electron chi connectivity index (χ4n) is 2.62. The highest BCUT2D eigenvalue weighted by molar-refractivity contribution is 7.92. The number of benzene rings is 2. The maximum atomic E-state index is 13.1. The number of halogens is 1. The highest BCUT2D eigenvalue weighted by atomic mass is 32.2. The summed E-state index contributed by atoms with van der Waals surface area (Å²) in [6.45, 7) is 0.742. The van der Waals surface area contributed by atoms with Crippen molar-refractivity contribution in [3.63, 3.8) is 0 Å². The van der Waals surface area contributed by atoms with Gasteiger partial charge >= 0.3 is 0 Å². The van der Waals surface area contributed by atoms with Gasteiger partial charge in [-0.1, -0.05) is 6.07 Å². The topological polar surface area (TPSA) is 84.9 Å². The Labute approximate surface area is 170 Å². The summed E-state index contributed by atoms with van der Waals surface area (Å²) in [6, 6.07) is 12.3. The van der Waals surface area contributed by atoms with E-state index in [1.165, 1.54) is 24.3 Å². The normalized spacial score (nSPS) is 11.0. The molecule has 158 valence electrons. The van der Waals surface area contributed by atoms with Gasteiger partial charge in [0.2, 0.25) is 15.9 Å². The van der Waals surface area contributed by atoms with Crippen molar-refractivity contribution in [1.82, 2.24) is 5.32 Å². The molecule has 0 unspecified atom stereocenters. The van der Waals surface area contributed by atoms with Crippen molar-refractivity contribution in [3.8, 4) is 11.5 Å². The lowest BCUT2D eigenvalue weighted by Crippen LogP contribution is -2.32. The van der Waals surface area contributed by atoms with Crippen LogP contribution in [0.4, 0.5) is 10.1 Å². The zero-order valence-corrected chi connectivity index (χ0v) is 17.2. The Kier molecular flexibility index (Phi) is 8.26. The van der Waals surface area contributed by atoms with Crippen molar-refractivity contribution in [2.24, 2.45) is 0 Å². The van der Waals surface area contributed by atoms with Crippen molar-refractivity contribution in [1.29, 1.82) is 0 Å². The summed E-state index contributed by atoms with van der Waals surface area (Å²) in [5, 5.41) is 2.73. The summed E-state index contributed by atoms with van der Waals surface area (Å²) in [5.74, 6) is 0.675. The van der Waals surface area contributed by atoms with E-state index in [1.54, 1.807) is 31.4 Å². The number of anilines is 1. The van der Waals surface area contributed by atoms with E-state index >= 15 is 0 Å². The van der Waals surface area contributed by atoms with E-state index < -0.39 is 15.8 Å². The molecule has 29 heavy (non-hydrogen) atoms. The Balaban J connectivity index is 1.74. The molecule has 2 rings (SSSR count). The van der Waals surface area contributed by atoms with Crippen LogP contribution in [0.3, 0.4) is 0 Å². The minimum absolute atomic E-state index is 0.123. The van der Waals surface area contributed by atoms with E-state index in [4.69, 9.17) is 9.47 Å². The van der Waals surface area contributed by atoms with E-state index in [0.717, 1.165) is 10.6 Å². The highest BCUT2D eigenvalue weighted by Crippen LogP contribution is 2.19. The average Bonchev–Trinajstić information content (AvgIpc) is 2.69. The van der Waals surface area contributed by atoms with Crippen LogP contribution < -0.4 is 19.1 Å². The van der Waals surface area contributed by atoms with Gasteiger partial charge in [-0.15, -0.1) is 0 Å². The molecule has 0 aromatic heterocycles. The van der Waals surface area contributed by atoms with Crippen LogP contribution in [0.5, 0.6) is 11.5 Å². The molecule has 0 atom stereocenters. The maximum absolute atomic E-state index is 13.1. The zero-order chi connectivity index (χ0) is 21.3. The first kappa shape index (κ1) is 22.5. The van der Waals surface area contributed by atoms with Crippen molar-refractivity contribution in [3.05, 3.63) is 54.3 Å². The van der Waals surface area contributed by atoms with E-state index in [2.05, 4.69) is 5.32 Å². The van der Waals surface area contributed by atoms with Gasteiger partial charge in [-0.2, -0.15) is 0 Å². The maximum Gasteiger partial charge on any atom is 0.232 e. The first-order valence-corrected chi connectivity index (χ1v) is 10.9. The predicted molar refractivity (Wildman–Crippen MR) is 109 cm³/mol. The molecule has 0 saturated heterocycles. The second kappa shape index (κ2) is 10.7. The van der Waals surface area contributed by atoms with E-state index in [9.17, 15) is 17.6 Å². The molecule has 1 amide bonds.